The van der Waals surface area contributed by atoms with Gasteiger partial charge in [-0.1, -0.05) is 66.6 Å². The summed E-state index contributed by atoms with van der Waals surface area (Å²) in [6.07, 6.45) is 1.62. The Balaban J connectivity index is 0.998. The van der Waals surface area contributed by atoms with Gasteiger partial charge in [-0.2, -0.15) is 0 Å². The van der Waals surface area contributed by atoms with Crippen LogP contribution in [0, 0.1) is 11.8 Å². The third-order valence-corrected chi connectivity index (χ3v) is 16.4. The van der Waals surface area contributed by atoms with Crippen LogP contribution in [-0.4, -0.2) is 157 Å². The molecule has 82 heavy (non-hydrogen) atoms. The summed E-state index contributed by atoms with van der Waals surface area (Å²) >= 11 is 6.81. The van der Waals surface area contributed by atoms with Crippen molar-refractivity contribution in [2.24, 2.45) is 11.8 Å². The first kappa shape index (κ1) is 64.4. The number of alkyl carbamates (subject to hydrolysis) is 1. The minimum absolute atomic E-state index is 0.00347. The van der Waals surface area contributed by atoms with Crippen molar-refractivity contribution in [2.75, 3.05) is 46.3 Å². The van der Waals surface area contributed by atoms with Crippen molar-refractivity contribution >= 4 is 70.5 Å². The van der Waals surface area contributed by atoms with E-state index >= 15 is 0 Å². The largest absolute Gasteiger partial charge is 0.495 e. The zero-order valence-electron chi connectivity index (χ0n) is 48.5. The average Bonchev–Trinajstić information content (AvgIpc) is 4.32. The van der Waals surface area contributed by atoms with Crippen molar-refractivity contribution in [3.05, 3.63) is 81.9 Å². The molecular formula is C59H79ClN6O16. The molecule has 4 bridgehead atoms. The Morgan fingerprint density at radius 1 is 0.976 bits per heavy atom. The molecule has 22 nitrogen and oxygen atoms in total. The van der Waals surface area contributed by atoms with Gasteiger partial charge in [-0.25, -0.2) is 15.1 Å². The summed E-state index contributed by atoms with van der Waals surface area (Å²) in [6, 6.07) is 8.46. The number of carbonyl (C=O) groups is 9. The second-order valence-electron chi connectivity index (χ2n) is 22.1. The number of methoxy groups -OCH3 is 2. The summed E-state index contributed by atoms with van der Waals surface area (Å²) in [7, 11) is 5.78. The number of epoxide rings is 1. The highest BCUT2D eigenvalue weighted by atomic mass is 35.5. The highest BCUT2D eigenvalue weighted by Crippen LogP contribution is 2.49. The van der Waals surface area contributed by atoms with E-state index in [2.05, 4.69) is 16.1 Å². The van der Waals surface area contributed by atoms with Gasteiger partial charge in [0.25, 0.3) is 0 Å². The molecule has 6 amide bonds. The van der Waals surface area contributed by atoms with Crippen LogP contribution in [0.4, 0.5) is 10.5 Å². The number of piperidine rings is 1. The molecule has 0 unspecified atom stereocenters. The lowest BCUT2D eigenvalue weighted by atomic mass is 9.83. The predicted octanol–water partition coefficient (Wildman–Crippen LogP) is 5.16. The fourth-order valence-electron chi connectivity index (χ4n) is 10.5. The molecule has 4 N–H and O–H groups in total. The highest BCUT2D eigenvalue weighted by Gasteiger charge is 2.64. The van der Waals surface area contributed by atoms with Crippen LogP contribution >= 0.6 is 11.6 Å². The number of esters is 1. The maximum Gasteiger partial charge on any atom is 0.409 e. The number of amides is 6. The molecule has 23 heteroatoms. The molecule has 3 fully saturated rings. The van der Waals surface area contributed by atoms with Crippen molar-refractivity contribution in [1.82, 2.24) is 25.9 Å². The van der Waals surface area contributed by atoms with Gasteiger partial charge in [0.15, 0.2) is 11.5 Å². The fraction of sp³-hybridized carbons (Fsp3) is 0.576. The number of ether oxygens (including phenoxy) is 5. The summed E-state index contributed by atoms with van der Waals surface area (Å²) in [5.74, 6) is -3.30. The molecule has 6 rings (SSSR count). The summed E-state index contributed by atoms with van der Waals surface area (Å²) in [4.78, 5) is 127. The molecule has 2 aromatic rings. The number of anilines is 1. The number of Topliss-reactive ketones (excluding diaryl/α,β-unsaturated/α-hetero) is 2. The average molecular weight is 1160 g/mol. The molecule has 4 aliphatic heterocycles. The molecule has 448 valence electrons. The van der Waals surface area contributed by atoms with Gasteiger partial charge in [-0.05, 0) is 89.1 Å². The summed E-state index contributed by atoms with van der Waals surface area (Å²) in [5.41, 5.74) is 2.42. The number of nitrogens with one attached hydrogen (secondary N) is 3. The number of likely N-dealkylation sites (N-methyl/N-ethyl adjacent to an activating group) is 1. The lowest BCUT2D eigenvalue weighted by molar-refractivity contribution is -0.162. The van der Waals surface area contributed by atoms with E-state index < -0.39 is 89.9 Å². The van der Waals surface area contributed by atoms with Crippen LogP contribution in [0.3, 0.4) is 0 Å². The Morgan fingerprint density at radius 3 is 2.32 bits per heavy atom. The van der Waals surface area contributed by atoms with Gasteiger partial charge in [0.2, 0.25) is 29.5 Å². The highest BCUT2D eigenvalue weighted by molar-refractivity contribution is 6.35. The number of carbonyl (C=O) groups excluding carboxylic acids is 9. The number of hydroxylamine groups is 1. The summed E-state index contributed by atoms with van der Waals surface area (Å²) in [6.45, 7) is 11.0. The topological polar surface area (TPSA) is 278 Å². The fourth-order valence-corrected chi connectivity index (χ4v) is 10.8. The molecule has 2 aromatic carbocycles. The second kappa shape index (κ2) is 28.5. The molecule has 3 saturated heterocycles. The van der Waals surface area contributed by atoms with E-state index in [1.807, 2.05) is 13.0 Å². The van der Waals surface area contributed by atoms with Crippen LogP contribution in [0.25, 0.3) is 0 Å². The number of likely N-dealkylation sites (tertiary alicyclic amines) is 1. The number of fused-ring (bicyclic) bond motifs is 5. The Kier molecular flexibility index (Phi) is 22.4. The van der Waals surface area contributed by atoms with E-state index in [0.29, 0.717) is 61.3 Å². The van der Waals surface area contributed by atoms with E-state index in [0.717, 1.165) is 16.0 Å². The number of rotatable bonds is 20. The van der Waals surface area contributed by atoms with Crippen molar-refractivity contribution in [1.29, 1.82) is 0 Å². The first-order valence-electron chi connectivity index (χ1n) is 27.7. The number of hydrogen-bond acceptors (Lipinski definition) is 16. The minimum Gasteiger partial charge on any atom is -0.495 e. The van der Waals surface area contributed by atoms with Crippen molar-refractivity contribution in [3.63, 3.8) is 0 Å². The molecule has 0 aromatic heterocycles. The molecule has 4 aliphatic rings. The Labute approximate surface area is 483 Å². The van der Waals surface area contributed by atoms with Crippen LogP contribution in [0.5, 0.6) is 5.75 Å². The number of halogens is 1. The zero-order valence-corrected chi connectivity index (χ0v) is 49.3. The van der Waals surface area contributed by atoms with Crippen LogP contribution in [-0.2, 0) is 81.6 Å². The number of hydrogen-bond donors (Lipinski definition) is 4. The van der Waals surface area contributed by atoms with Crippen molar-refractivity contribution < 1.29 is 76.8 Å². The van der Waals surface area contributed by atoms with Crippen molar-refractivity contribution in [2.45, 2.75) is 167 Å². The van der Waals surface area contributed by atoms with Gasteiger partial charge in [-0.15, -0.1) is 0 Å². The smallest absolute Gasteiger partial charge is 0.409 e. The summed E-state index contributed by atoms with van der Waals surface area (Å²) in [5, 5.41) is 17.2. The third-order valence-electron chi connectivity index (χ3n) is 16.0. The quantitative estimate of drug-likeness (QED) is 0.0757. The lowest BCUT2D eigenvalue weighted by Gasteiger charge is -2.42. The predicted molar refractivity (Wildman–Crippen MR) is 300 cm³/mol. The lowest BCUT2D eigenvalue weighted by Crippen LogP contribution is -2.63. The monoisotopic (exact) mass is 1160 g/mol. The number of allylic oxidation sites excluding steroid dienone is 3. The van der Waals surface area contributed by atoms with Crippen LogP contribution in [0.1, 0.15) is 116 Å². The first-order valence-corrected chi connectivity index (χ1v) is 28.1. The maximum absolute atomic E-state index is 14.4. The van der Waals surface area contributed by atoms with Gasteiger partial charge in [-0.3, -0.25) is 43.7 Å². The van der Waals surface area contributed by atoms with Crippen LogP contribution in [0.15, 0.2) is 60.2 Å². The van der Waals surface area contributed by atoms with Gasteiger partial charge < -0.3 is 48.8 Å². The molecular weight excluding hydrogens is 1080 g/mol. The van der Waals surface area contributed by atoms with Gasteiger partial charge in [0.1, 0.15) is 46.5 Å². The van der Waals surface area contributed by atoms with E-state index in [9.17, 15) is 48.3 Å². The van der Waals surface area contributed by atoms with E-state index in [1.54, 1.807) is 81.1 Å². The van der Waals surface area contributed by atoms with Crippen molar-refractivity contribution in [3.8, 4) is 5.75 Å². The zero-order chi connectivity index (χ0) is 60.2. The molecule has 9 atom stereocenters. The SMILES string of the molecule is COc1cc2cc(c1Cl)N(C)C(=O)C[C@H](OC(=O)[C@H](C)N(C)C(=O)CCC(=O)NOCc1ccc(CC(=O)[C@H](C)NC(=O)CCCC(=O)N3CCC(C(C)=O)CC3)cc1)[C@]1(C)O[C@H]1[C@H](C)[C@@H]1C[C@@](O)(NC(=O)O1)[C@H](OC)/C=C/C=C(\C)C2. The van der Waals surface area contributed by atoms with Crippen LogP contribution in [0.2, 0.25) is 5.02 Å². The Bertz CT molecular complexity index is 2770. The molecule has 0 saturated carbocycles. The van der Waals surface area contributed by atoms with Crippen LogP contribution < -0.4 is 25.8 Å². The van der Waals surface area contributed by atoms with E-state index in [4.69, 9.17) is 40.1 Å². The minimum atomic E-state index is -1.89. The van der Waals surface area contributed by atoms with E-state index in [1.165, 1.54) is 40.1 Å². The molecule has 0 aliphatic carbocycles. The number of nitrogens with zero attached hydrogens (tertiary/aromatic N) is 3. The summed E-state index contributed by atoms with van der Waals surface area (Å²) < 4.78 is 29.4. The number of benzene rings is 2. The van der Waals surface area contributed by atoms with E-state index in [-0.39, 0.29) is 79.5 Å². The number of ketones is 2. The first-order chi connectivity index (χ1) is 38.8. The van der Waals surface area contributed by atoms with Gasteiger partial charge >= 0.3 is 12.1 Å². The second-order valence-corrected chi connectivity index (χ2v) is 22.5. The Morgan fingerprint density at radius 2 is 1.66 bits per heavy atom. The van der Waals surface area contributed by atoms with Gasteiger partial charge in [0.05, 0.1) is 38.0 Å². The normalized spacial score (nSPS) is 25.8. The molecule has 0 radical (unpaired) electrons. The standard InChI is InChI=1S/C59H79ClN6O16/c1-34-13-11-14-47(78-10)59(76)32-46(80-57(75)62-59)35(2)55-58(6,82-55)48(31-53(73)65(8)43-28-41(27-34)30-45(77-9)54(43)60)81-56(74)37(4)64(7)51(71)22-21-50(70)63-79-33-40-19-17-39(18-20-40)29-44(68)36(3)61-49(69)15-12-16-52(72)66-25-23-42(24-26-66)38(5)67/h11,13-14,17-20,28,30,35-37,42,46-48,55,76H,12,15-16,21-27,29,31-33H2,1-10H3,(H,61,69)(H,62,75)(H,63,70)/b14-11+,34-13+/t35-,36+,37+,46+,47-,48+,55+,58+,59+/m1/s1. The third kappa shape index (κ3) is 16.7. The Hall–Kier alpha value is -6.72. The molecule has 4 heterocycles. The van der Waals surface area contributed by atoms with Gasteiger partial charge in [0, 0.05) is 84.7 Å². The molecule has 0 spiro atoms. The number of aliphatic hydroxyl groups is 1. The maximum atomic E-state index is 14.4.